The highest BCUT2D eigenvalue weighted by Crippen LogP contribution is 2.17. The molecule has 3 rings (SSSR count). The molecule has 0 fully saturated rings. The fourth-order valence-electron chi connectivity index (χ4n) is 2.38. The van der Waals surface area contributed by atoms with Crippen LogP contribution in [0.15, 0.2) is 67.0 Å². The summed E-state index contributed by atoms with van der Waals surface area (Å²) in [6.45, 7) is 1.97. The average molecular weight is 249 g/mol. The maximum atomic E-state index is 4.14. The molecule has 0 saturated carbocycles. The van der Waals surface area contributed by atoms with Gasteiger partial charge in [0.2, 0.25) is 0 Å². The van der Waals surface area contributed by atoms with Crippen LogP contribution in [0, 0.1) is 0 Å². The molecule has 2 N–H and O–H groups in total. The van der Waals surface area contributed by atoms with Gasteiger partial charge in [-0.1, -0.05) is 48.5 Å². The Kier molecular flexibility index (Phi) is 3.52. The number of aromatic nitrogens is 1. The second-order valence-corrected chi connectivity index (χ2v) is 4.70. The van der Waals surface area contributed by atoms with Crippen LogP contribution in [0.4, 0.5) is 0 Å². The molecule has 0 radical (unpaired) electrons. The van der Waals surface area contributed by atoms with Crippen molar-refractivity contribution in [2.45, 2.75) is 13.1 Å². The number of hydrogen-bond donors (Lipinski definition) is 1. The number of benzene rings is 2. The second-order valence-electron chi connectivity index (χ2n) is 4.70. The van der Waals surface area contributed by atoms with E-state index in [1.165, 1.54) is 21.9 Å². The minimum absolute atomic E-state index is 0.969. The lowest BCUT2D eigenvalue weighted by atomic mass is 10.0. The summed E-state index contributed by atoms with van der Waals surface area (Å²) < 4.78 is 0. The quantitative estimate of drug-likeness (QED) is 0.756. The molecule has 0 unspecified atom stereocenters. The summed E-state index contributed by atoms with van der Waals surface area (Å²) in [6, 6.07) is 19.2. The Balaban J connectivity index is 1.72. The summed E-state index contributed by atoms with van der Waals surface area (Å²) in [4.78, 5) is 4.14. The lowest BCUT2D eigenvalue weighted by molar-refractivity contribution is -0.686. The van der Waals surface area contributed by atoms with Crippen molar-refractivity contribution in [1.82, 2.24) is 4.98 Å². The van der Waals surface area contributed by atoms with Crippen LogP contribution in [0.3, 0.4) is 0 Å². The van der Waals surface area contributed by atoms with E-state index in [9.17, 15) is 0 Å². The van der Waals surface area contributed by atoms with E-state index in [4.69, 9.17) is 0 Å². The first-order valence-corrected chi connectivity index (χ1v) is 6.61. The maximum absolute atomic E-state index is 4.14. The van der Waals surface area contributed by atoms with Gasteiger partial charge in [-0.25, -0.2) is 0 Å². The van der Waals surface area contributed by atoms with Crippen molar-refractivity contribution in [3.05, 3.63) is 78.1 Å². The molecule has 3 aromatic rings. The fourth-order valence-corrected chi connectivity index (χ4v) is 2.38. The van der Waals surface area contributed by atoms with Gasteiger partial charge in [0, 0.05) is 23.5 Å². The van der Waals surface area contributed by atoms with Gasteiger partial charge in [0.1, 0.15) is 13.1 Å². The van der Waals surface area contributed by atoms with E-state index in [-0.39, 0.29) is 0 Å². The Morgan fingerprint density at radius 3 is 2.63 bits per heavy atom. The molecule has 0 aliphatic rings. The van der Waals surface area contributed by atoms with Crippen molar-refractivity contribution in [2.24, 2.45) is 0 Å². The number of pyridine rings is 1. The molecule has 1 aromatic heterocycles. The highest BCUT2D eigenvalue weighted by molar-refractivity contribution is 5.85. The van der Waals surface area contributed by atoms with Crippen LogP contribution in [0.5, 0.6) is 0 Å². The molecule has 0 aliphatic carbocycles. The van der Waals surface area contributed by atoms with Crippen molar-refractivity contribution < 1.29 is 5.32 Å². The molecule has 94 valence electrons. The minimum Gasteiger partial charge on any atom is -0.339 e. The molecule has 0 aliphatic heterocycles. The number of quaternary nitrogens is 1. The molecular weight excluding hydrogens is 232 g/mol. The van der Waals surface area contributed by atoms with Gasteiger partial charge in [-0.2, -0.15) is 0 Å². The van der Waals surface area contributed by atoms with Crippen LogP contribution < -0.4 is 5.32 Å². The highest BCUT2D eigenvalue weighted by atomic mass is 14.8. The summed E-state index contributed by atoms with van der Waals surface area (Å²) in [5, 5.41) is 4.99. The topological polar surface area (TPSA) is 29.5 Å². The normalized spacial score (nSPS) is 10.7. The van der Waals surface area contributed by atoms with Gasteiger partial charge >= 0.3 is 0 Å². The van der Waals surface area contributed by atoms with Crippen molar-refractivity contribution in [3.8, 4) is 0 Å². The molecule has 2 nitrogen and oxygen atoms in total. The molecule has 2 heteroatoms. The van der Waals surface area contributed by atoms with Crippen molar-refractivity contribution in [1.29, 1.82) is 0 Å². The van der Waals surface area contributed by atoms with E-state index in [1.807, 2.05) is 18.5 Å². The summed E-state index contributed by atoms with van der Waals surface area (Å²) in [5.74, 6) is 0. The third kappa shape index (κ3) is 2.80. The number of fused-ring (bicyclic) bond motifs is 1. The maximum Gasteiger partial charge on any atom is 0.103 e. The summed E-state index contributed by atoms with van der Waals surface area (Å²) in [6.07, 6.45) is 3.74. The van der Waals surface area contributed by atoms with E-state index in [0.717, 1.165) is 13.1 Å². The number of nitrogens with zero attached hydrogens (tertiary/aromatic N) is 1. The SMILES string of the molecule is c1cncc(C[NH2+]Cc2cccc3ccccc23)c1. The van der Waals surface area contributed by atoms with Crippen LogP contribution in [0.25, 0.3) is 10.8 Å². The first kappa shape index (κ1) is 11.9. The molecule has 19 heavy (non-hydrogen) atoms. The summed E-state index contributed by atoms with van der Waals surface area (Å²) >= 11 is 0. The number of nitrogens with two attached hydrogens (primary N) is 1. The van der Waals surface area contributed by atoms with Gasteiger partial charge in [-0.3, -0.25) is 4.98 Å². The predicted octanol–water partition coefficient (Wildman–Crippen LogP) is 2.50. The first-order valence-electron chi connectivity index (χ1n) is 6.61. The Morgan fingerprint density at radius 2 is 1.74 bits per heavy atom. The van der Waals surface area contributed by atoms with E-state index in [2.05, 4.69) is 58.8 Å². The second kappa shape index (κ2) is 5.63. The monoisotopic (exact) mass is 249 g/mol. The highest BCUT2D eigenvalue weighted by Gasteiger charge is 2.02. The van der Waals surface area contributed by atoms with Gasteiger partial charge in [-0.05, 0) is 16.8 Å². The van der Waals surface area contributed by atoms with Gasteiger partial charge in [-0.15, -0.1) is 0 Å². The first-order chi connectivity index (χ1) is 9.43. The van der Waals surface area contributed by atoms with Crippen molar-refractivity contribution >= 4 is 10.8 Å². The minimum atomic E-state index is 0.969. The van der Waals surface area contributed by atoms with Gasteiger partial charge in [0.25, 0.3) is 0 Å². The third-order valence-corrected chi connectivity index (χ3v) is 3.35. The zero-order valence-electron chi connectivity index (χ0n) is 10.8. The lowest BCUT2D eigenvalue weighted by Gasteiger charge is -2.06. The smallest absolute Gasteiger partial charge is 0.103 e. The standard InChI is InChI=1S/C17H16N2/c1-2-9-17-15(6-1)7-3-8-16(17)13-19-12-14-5-4-10-18-11-14/h1-11,19H,12-13H2/p+1. The zero-order chi connectivity index (χ0) is 12.9. The number of rotatable bonds is 4. The lowest BCUT2D eigenvalue weighted by Crippen LogP contribution is -2.80. The fraction of sp³-hybridized carbons (Fsp3) is 0.118. The molecule has 1 heterocycles. The largest absolute Gasteiger partial charge is 0.339 e. The van der Waals surface area contributed by atoms with E-state index >= 15 is 0 Å². The summed E-state index contributed by atoms with van der Waals surface area (Å²) in [7, 11) is 0. The van der Waals surface area contributed by atoms with E-state index in [0.29, 0.717) is 0 Å². The van der Waals surface area contributed by atoms with Gasteiger partial charge in [0.15, 0.2) is 0 Å². The zero-order valence-corrected chi connectivity index (χ0v) is 10.8. The van der Waals surface area contributed by atoms with Crippen LogP contribution in [0.2, 0.25) is 0 Å². The Labute approximate surface area is 113 Å². The Hall–Kier alpha value is -2.19. The molecule has 0 atom stereocenters. The summed E-state index contributed by atoms with van der Waals surface area (Å²) in [5.41, 5.74) is 2.66. The van der Waals surface area contributed by atoms with E-state index in [1.54, 1.807) is 0 Å². The Morgan fingerprint density at radius 1 is 0.842 bits per heavy atom. The molecular formula is C17H17N2+. The molecule has 0 saturated heterocycles. The third-order valence-electron chi connectivity index (χ3n) is 3.35. The molecule has 0 bridgehead atoms. The van der Waals surface area contributed by atoms with Crippen molar-refractivity contribution in [2.75, 3.05) is 0 Å². The van der Waals surface area contributed by atoms with Crippen LogP contribution in [-0.2, 0) is 13.1 Å². The Bertz CT molecular complexity index is 657. The predicted molar refractivity (Wildman–Crippen MR) is 77.5 cm³/mol. The van der Waals surface area contributed by atoms with Gasteiger partial charge < -0.3 is 5.32 Å². The van der Waals surface area contributed by atoms with Crippen LogP contribution in [0.1, 0.15) is 11.1 Å². The average Bonchev–Trinajstić information content (AvgIpc) is 2.49. The number of hydrogen-bond acceptors (Lipinski definition) is 1. The van der Waals surface area contributed by atoms with Crippen LogP contribution >= 0.6 is 0 Å². The van der Waals surface area contributed by atoms with Gasteiger partial charge in [0.05, 0.1) is 0 Å². The van der Waals surface area contributed by atoms with Crippen molar-refractivity contribution in [3.63, 3.8) is 0 Å². The van der Waals surface area contributed by atoms with E-state index < -0.39 is 0 Å². The molecule has 2 aromatic carbocycles. The molecule has 0 spiro atoms. The molecule has 0 amide bonds. The van der Waals surface area contributed by atoms with Crippen LogP contribution in [-0.4, -0.2) is 4.98 Å².